The summed E-state index contributed by atoms with van der Waals surface area (Å²) >= 11 is 0. The van der Waals surface area contributed by atoms with Crippen molar-refractivity contribution in [3.8, 4) is 6.07 Å². The van der Waals surface area contributed by atoms with Gasteiger partial charge < -0.3 is 14.1 Å². The lowest BCUT2D eigenvalue weighted by atomic mass is 10.2. The second-order valence-corrected chi connectivity index (χ2v) is 3.65. The lowest BCUT2D eigenvalue weighted by molar-refractivity contribution is 0.0526. The van der Waals surface area contributed by atoms with Gasteiger partial charge in [0.1, 0.15) is 17.2 Å². The van der Waals surface area contributed by atoms with Crippen molar-refractivity contribution in [2.24, 2.45) is 0 Å². The number of nitrogens with one attached hydrogen (secondary N) is 1. The van der Waals surface area contributed by atoms with Gasteiger partial charge in [0.25, 0.3) is 0 Å². The van der Waals surface area contributed by atoms with Crippen LogP contribution < -0.4 is 5.63 Å². The van der Waals surface area contributed by atoms with Crippen LogP contribution in [0.2, 0.25) is 0 Å². The zero-order valence-electron chi connectivity index (χ0n) is 9.86. The van der Waals surface area contributed by atoms with Gasteiger partial charge in [-0.2, -0.15) is 5.26 Å². The number of carbonyl (C=O) groups is 1. The average Bonchev–Trinajstić information content (AvgIpc) is 2.63. The topological polar surface area (TPSA) is 96.1 Å². The number of aryl methyl sites for hydroxylation is 1. The van der Waals surface area contributed by atoms with E-state index in [2.05, 4.69) is 4.98 Å². The van der Waals surface area contributed by atoms with E-state index in [-0.39, 0.29) is 23.3 Å². The third-order valence-electron chi connectivity index (χ3n) is 2.47. The predicted octanol–water partition coefficient (Wildman–Crippen LogP) is 1.48. The van der Waals surface area contributed by atoms with E-state index in [0.717, 1.165) is 0 Å². The summed E-state index contributed by atoms with van der Waals surface area (Å²) in [5.41, 5.74) is 0.380. The van der Waals surface area contributed by atoms with Gasteiger partial charge in [0.2, 0.25) is 0 Å². The van der Waals surface area contributed by atoms with Crippen LogP contribution >= 0.6 is 0 Å². The molecule has 2 rings (SSSR count). The number of hydrogen-bond acceptors (Lipinski definition) is 5. The van der Waals surface area contributed by atoms with Gasteiger partial charge in [0.15, 0.2) is 5.58 Å². The van der Waals surface area contributed by atoms with Gasteiger partial charge in [-0.3, -0.25) is 0 Å². The minimum Gasteiger partial charge on any atom is -0.462 e. The predicted molar refractivity (Wildman–Crippen MR) is 62.2 cm³/mol. The first-order chi connectivity index (χ1) is 8.58. The van der Waals surface area contributed by atoms with E-state index in [4.69, 9.17) is 14.4 Å². The number of hydrogen-bond donors (Lipinski definition) is 1. The summed E-state index contributed by atoms with van der Waals surface area (Å²) in [4.78, 5) is 26.1. The second-order valence-electron chi connectivity index (χ2n) is 3.65. The van der Waals surface area contributed by atoms with Crippen LogP contribution in [-0.4, -0.2) is 17.6 Å². The summed E-state index contributed by atoms with van der Waals surface area (Å²) in [6.07, 6.45) is 0. The first-order valence-corrected chi connectivity index (χ1v) is 5.32. The van der Waals surface area contributed by atoms with Crippen molar-refractivity contribution in [2.75, 3.05) is 6.61 Å². The molecule has 0 aliphatic rings. The van der Waals surface area contributed by atoms with Gasteiger partial charge >= 0.3 is 11.6 Å². The average molecular weight is 246 g/mol. The molecule has 0 atom stereocenters. The van der Waals surface area contributed by atoms with Crippen molar-refractivity contribution >= 4 is 17.1 Å². The van der Waals surface area contributed by atoms with Crippen LogP contribution in [0, 0.1) is 18.3 Å². The Morgan fingerprint density at radius 3 is 2.94 bits per heavy atom. The van der Waals surface area contributed by atoms with Crippen LogP contribution in [0.1, 0.15) is 28.5 Å². The van der Waals surface area contributed by atoms with Gasteiger partial charge in [-0.05, 0) is 19.9 Å². The third kappa shape index (κ3) is 1.76. The van der Waals surface area contributed by atoms with E-state index < -0.39 is 11.6 Å². The summed E-state index contributed by atoms with van der Waals surface area (Å²) in [5.74, 6) is -0.561. The molecule has 0 saturated carbocycles. The smallest absolute Gasteiger partial charge is 0.354 e. The number of H-pyrrole nitrogens is 1. The SMILES string of the molecule is CCOC(=O)c1c(C)[nH]c2cc(C#N)c(=O)oc12. The van der Waals surface area contributed by atoms with Gasteiger partial charge in [0.05, 0.1) is 12.1 Å². The van der Waals surface area contributed by atoms with Crippen molar-refractivity contribution in [1.29, 1.82) is 5.26 Å². The molecule has 0 amide bonds. The number of nitrogens with zero attached hydrogens (tertiary/aromatic N) is 1. The highest BCUT2D eigenvalue weighted by Gasteiger charge is 2.20. The molecule has 92 valence electrons. The Labute approximate surface area is 102 Å². The maximum absolute atomic E-state index is 11.7. The molecule has 0 bridgehead atoms. The Balaban J connectivity index is 2.73. The summed E-state index contributed by atoms with van der Waals surface area (Å²) < 4.78 is 9.88. The summed E-state index contributed by atoms with van der Waals surface area (Å²) in [6, 6.07) is 3.09. The number of aromatic nitrogens is 1. The molecule has 0 radical (unpaired) electrons. The normalized spacial score (nSPS) is 10.3. The Bertz CT molecular complexity index is 718. The van der Waals surface area contributed by atoms with Crippen LogP contribution in [0.4, 0.5) is 0 Å². The van der Waals surface area contributed by atoms with Crippen molar-refractivity contribution in [3.63, 3.8) is 0 Å². The number of ether oxygens (including phenoxy) is 1. The molecule has 18 heavy (non-hydrogen) atoms. The zero-order valence-corrected chi connectivity index (χ0v) is 9.86. The Kier molecular flexibility index (Phi) is 2.90. The number of rotatable bonds is 2. The molecule has 0 spiro atoms. The van der Waals surface area contributed by atoms with Gasteiger partial charge in [0, 0.05) is 5.69 Å². The van der Waals surface area contributed by atoms with Crippen LogP contribution in [0.5, 0.6) is 0 Å². The highest BCUT2D eigenvalue weighted by molar-refractivity contribution is 6.03. The number of carbonyl (C=O) groups excluding carboxylic acids is 1. The first-order valence-electron chi connectivity index (χ1n) is 5.32. The Hall–Kier alpha value is -2.55. The summed E-state index contributed by atoms with van der Waals surface area (Å²) in [5, 5.41) is 8.73. The molecular formula is C12H10N2O4. The van der Waals surface area contributed by atoms with E-state index in [9.17, 15) is 9.59 Å². The fraction of sp³-hybridized carbons (Fsp3) is 0.250. The zero-order chi connectivity index (χ0) is 13.3. The monoisotopic (exact) mass is 246 g/mol. The van der Waals surface area contributed by atoms with E-state index in [1.54, 1.807) is 19.9 Å². The fourth-order valence-electron chi connectivity index (χ4n) is 1.71. The maximum Gasteiger partial charge on any atom is 0.354 e. The lowest BCUT2D eigenvalue weighted by Crippen LogP contribution is -2.07. The summed E-state index contributed by atoms with van der Waals surface area (Å²) in [7, 11) is 0. The van der Waals surface area contributed by atoms with Gasteiger partial charge in [-0.15, -0.1) is 0 Å². The standard InChI is InChI=1S/C12H10N2O4/c1-3-17-12(16)9-6(2)14-8-4-7(5-13)11(15)18-10(8)9/h4,14H,3H2,1-2H3. The molecule has 2 aromatic heterocycles. The number of nitriles is 1. The van der Waals surface area contributed by atoms with E-state index >= 15 is 0 Å². The number of aromatic amines is 1. The first kappa shape index (κ1) is 11.9. The fourth-order valence-corrected chi connectivity index (χ4v) is 1.71. The highest BCUT2D eigenvalue weighted by atomic mass is 16.5. The van der Waals surface area contributed by atoms with Crippen LogP contribution in [0.3, 0.4) is 0 Å². The largest absolute Gasteiger partial charge is 0.462 e. The lowest BCUT2D eigenvalue weighted by Gasteiger charge is -2.00. The van der Waals surface area contributed by atoms with Crippen molar-refractivity contribution in [2.45, 2.75) is 13.8 Å². The molecule has 0 aromatic carbocycles. The molecular weight excluding hydrogens is 236 g/mol. The molecule has 2 aromatic rings. The minimum absolute atomic E-state index is 0.112. The Morgan fingerprint density at radius 1 is 1.61 bits per heavy atom. The van der Waals surface area contributed by atoms with Gasteiger partial charge in [-0.1, -0.05) is 0 Å². The van der Waals surface area contributed by atoms with Gasteiger partial charge in [-0.25, -0.2) is 9.59 Å². The molecule has 0 fully saturated rings. The highest BCUT2D eigenvalue weighted by Crippen LogP contribution is 2.22. The van der Waals surface area contributed by atoms with E-state index in [1.165, 1.54) is 6.07 Å². The summed E-state index contributed by atoms with van der Waals surface area (Å²) in [6.45, 7) is 3.58. The molecule has 1 N–H and O–H groups in total. The number of esters is 1. The third-order valence-corrected chi connectivity index (χ3v) is 2.47. The molecule has 0 saturated heterocycles. The van der Waals surface area contributed by atoms with E-state index in [1.807, 2.05) is 0 Å². The molecule has 6 heteroatoms. The molecule has 6 nitrogen and oxygen atoms in total. The minimum atomic E-state index is -0.769. The van der Waals surface area contributed by atoms with Crippen LogP contribution in [0.25, 0.3) is 11.1 Å². The molecule has 2 heterocycles. The second kappa shape index (κ2) is 4.37. The molecule has 0 aliphatic heterocycles. The quantitative estimate of drug-likeness (QED) is 0.809. The molecule has 0 aliphatic carbocycles. The van der Waals surface area contributed by atoms with Crippen molar-refractivity contribution < 1.29 is 13.9 Å². The Morgan fingerprint density at radius 2 is 2.33 bits per heavy atom. The van der Waals surface area contributed by atoms with Crippen LogP contribution in [-0.2, 0) is 4.74 Å². The van der Waals surface area contributed by atoms with Crippen LogP contribution in [0.15, 0.2) is 15.3 Å². The van der Waals surface area contributed by atoms with Crippen molar-refractivity contribution in [3.05, 3.63) is 33.3 Å². The van der Waals surface area contributed by atoms with E-state index in [0.29, 0.717) is 11.2 Å². The van der Waals surface area contributed by atoms with Crippen molar-refractivity contribution in [1.82, 2.24) is 4.98 Å². The molecule has 0 unspecified atom stereocenters. The maximum atomic E-state index is 11.7. The number of fused-ring (bicyclic) bond motifs is 1.